The van der Waals surface area contributed by atoms with Crippen molar-refractivity contribution in [3.05, 3.63) is 23.8 Å². The number of ether oxygens (including phenoxy) is 5. The molecule has 0 bridgehead atoms. The molecule has 2 N–H and O–H groups in total. The highest BCUT2D eigenvalue weighted by Gasteiger charge is 2.22. The van der Waals surface area contributed by atoms with E-state index >= 15 is 0 Å². The zero-order valence-corrected chi connectivity index (χ0v) is 24.0. The fraction of sp³-hybridized carbons (Fsp3) is 0.655. The van der Waals surface area contributed by atoms with E-state index in [1.807, 2.05) is 20.8 Å². The van der Waals surface area contributed by atoms with Gasteiger partial charge in [0.1, 0.15) is 24.9 Å². The van der Waals surface area contributed by atoms with Crippen molar-refractivity contribution in [3.8, 4) is 11.5 Å². The van der Waals surface area contributed by atoms with Crippen LogP contribution in [0.15, 0.2) is 18.2 Å². The summed E-state index contributed by atoms with van der Waals surface area (Å²) in [4.78, 5) is 48.8. The van der Waals surface area contributed by atoms with Gasteiger partial charge in [-0.25, -0.2) is 4.79 Å². The third-order valence-corrected chi connectivity index (χ3v) is 5.81. The van der Waals surface area contributed by atoms with Gasteiger partial charge < -0.3 is 29.4 Å². The van der Waals surface area contributed by atoms with Crippen LogP contribution in [0, 0.1) is 0 Å². The maximum atomic E-state index is 12.5. The number of unbranched alkanes of at least 4 members (excludes halogenated alkanes) is 4. The number of nitrogens with two attached hydrogens (primary N) is 1. The molecule has 0 amide bonds. The van der Waals surface area contributed by atoms with Gasteiger partial charge >= 0.3 is 24.1 Å². The highest BCUT2D eigenvalue weighted by Crippen LogP contribution is 2.30. The average molecular weight is 552 g/mol. The molecule has 0 aliphatic heterocycles. The van der Waals surface area contributed by atoms with Gasteiger partial charge in [0.2, 0.25) is 0 Å². The molecule has 39 heavy (non-hydrogen) atoms. The van der Waals surface area contributed by atoms with E-state index in [1.165, 1.54) is 12.1 Å². The van der Waals surface area contributed by atoms with Gasteiger partial charge in [0, 0.05) is 12.8 Å². The van der Waals surface area contributed by atoms with Crippen LogP contribution in [0.1, 0.15) is 98.0 Å². The monoisotopic (exact) mass is 551 g/mol. The molecule has 1 rings (SSSR count). The molecule has 10 nitrogen and oxygen atoms in total. The Hall–Kier alpha value is -3.14. The molecule has 0 heterocycles. The molecule has 1 unspecified atom stereocenters. The van der Waals surface area contributed by atoms with Crippen LogP contribution >= 0.6 is 0 Å². The Labute approximate surface area is 231 Å². The van der Waals surface area contributed by atoms with Gasteiger partial charge in [-0.3, -0.25) is 14.4 Å². The Morgan fingerprint density at radius 1 is 0.795 bits per heavy atom. The maximum Gasteiger partial charge on any atom is 0.508 e. The summed E-state index contributed by atoms with van der Waals surface area (Å²) in [5.74, 6) is -1.31. The first kappa shape index (κ1) is 33.9. The molecule has 0 aliphatic rings. The summed E-state index contributed by atoms with van der Waals surface area (Å²) in [5, 5.41) is 0. The van der Waals surface area contributed by atoms with E-state index in [1.54, 1.807) is 19.9 Å². The van der Waals surface area contributed by atoms with Gasteiger partial charge in [-0.2, -0.15) is 0 Å². The summed E-state index contributed by atoms with van der Waals surface area (Å²) in [5.41, 5.74) is 6.64. The second-order valence-corrected chi connectivity index (χ2v) is 9.60. The van der Waals surface area contributed by atoms with Crippen molar-refractivity contribution in [2.45, 2.75) is 117 Å². The molecule has 1 aromatic carbocycles. The lowest BCUT2D eigenvalue weighted by Crippen LogP contribution is -2.37. The number of esters is 3. The summed E-state index contributed by atoms with van der Waals surface area (Å²) in [6, 6.07) is 3.68. The van der Waals surface area contributed by atoms with Crippen LogP contribution in [0.5, 0.6) is 11.5 Å². The number of carbonyl (C=O) groups excluding carboxylic acids is 4. The molecule has 0 spiro atoms. The molecular formula is C29H45NO9. The molecule has 0 fully saturated rings. The summed E-state index contributed by atoms with van der Waals surface area (Å²) >= 11 is 0. The van der Waals surface area contributed by atoms with Crippen molar-refractivity contribution < 1.29 is 42.9 Å². The zero-order chi connectivity index (χ0) is 29.2. The summed E-state index contributed by atoms with van der Waals surface area (Å²) in [6.07, 6.45) is 4.51. The van der Waals surface area contributed by atoms with Crippen LogP contribution in [0.2, 0.25) is 0 Å². The highest BCUT2D eigenvalue weighted by molar-refractivity contribution is 5.77. The first-order valence-electron chi connectivity index (χ1n) is 13.9. The highest BCUT2D eigenvalue weighted by atomic mass is 16.7. The number of rotatable bonds is 18. The molecule has 0 saturated heterocycles. The third kappa shape index (κ3) is 14.6. The van der Waals surface area contributed by atoms with Crippen LogP contribution < -0.4 is 15.2 Å². The van der Waals surface area contributed by atoms with E-state index in [0.29, 0.717) is 24.8 Å². The first-order chi connectivity index (χ1) is 18.6. The van der Waals surface area contributed by atoms with Crippen molar-refractivity contribution in [2.24, 2.45) is 5.73 Å². The summed E-state index contributed by atoms with van der Waals surface area (Å²) < 4.78 is 26.3. The van der Waals surface area contributed by atoms with Crippen molar-refractivity contribution in [1.82, 2.24) is 0 Å². The minimum atomic E-state index is -1.03. The Balaban J connectivity index is 2.81. The Bertz CT molecular complexity index is 918. The third-order valence-electron chi connectivity index (χ3n) is 5.81. The number of benzene rings is 1. The van der Waals surface area contributed by atoms with E-state index in [0.717, 1.165) is 25.7 Å². The van der Waals surface area contributed by atoms with Crippen molar-refractivity contribution in [1.29, 1.82) is 0 Å². The van der Waals surface area contributed by atoms with Gasteiger partial charge in [0.25, 0.3) is 0 Å². The van der Waals surface area contributed by atoms with E-state index in [4.69, 9.17) is 29.4 Å². The lowest BCUT2D eigenvalue weighted by Gasteiger charge is -2.18. The SMILES string of the molecule is CCCCCC(=O)Oc1ccc(C[C@H](N)C(=O)O[C@@H](C)COC(=O)OC(C)CC)cc1OC(=O)CCCCC. The first-order valence-corrected chi connectivity index (χ1v) is 13.9. The number of hydrogen-bond donors (Lipinski definition) is 1. The van der Waals surface area contributed by atoms with Crippen LogP contribution in [0.3, 0.4) is 0 Å². The Morgan fingerprint density at radius 3 is 1.95 bits per heavy atom. The minimum absolute atomic E-state index is 0.0770. The summed E-state index contributed by atoms with van der Waals surface area (Å²) in [6.45, 7) is 9.09. The topological polar surface area (TPSA) is 140 Å². The molecule has 0 radical (unpaired) electrons. The quantitative estimate of drug-likeness (QED) is 0.143. The molecule has 220 valence electrons. The van der Waals surface area contributed by atoms with Gasteiger partial charge in [0.05, 0.1) is 0 Å². The van der Waals surface area contributed by atoms with E-state index < -0.39 is 36.2 Å². The Kier molecular flexibility index (Phi) is 16.5. The molecule has 1 aromatic rings. The molecule has 0 saturated carbocycles. The van der Waals surface area contributed by atoms with Gasteiger partial charge in [-0.05, 0) is 57.2 Å². The summed E-state index contributed by atoms with van der Waals surface area (Å²) in [7, 11) is 0. The van der Waals surface area contributed by atoms with Gasteiger partial charge in [0.15, 0.2) is 11.5 Å². The average Bonchev–Trinajstić information content (AvgIpc) is 2.89. The van der Waals surface area contributed by atoms with Crippen molar-refractivity contribution in [2.75, 3.05) is 6.61 Å². The largest absolute Gasteiger partial charge is 0.508 e. The van der Waals surface area contributed by atoms with E-state index in [2.05, 4.69) is 0 Å². The smallest absolute Gasteiger partial charge is 0.458 e. The zero-order valence-electron chi connectivity index (χ0n) is 24.0. The fourth-order valence-corrected chi connectivity index (χ4v) is 3.35. The molecule has 10 heteroatoms. The van der Waals surface area contributed by atoms with Gasteiger partial charge in [-0.1, -0.05) is 52.5 Å². The van der Waals surface area contributed by atoms with Gasteiger partial charge in [-0.15, -0.1) is 0 Å². The molecule has 0 aromatic heterocycles. The van der Waals surface area contributed by atoms with Crippen LogP contribution in [0.4, 0.5) is 4.79 Å². The predicted molar refractivity (Wildman–Crippen MR) is 145 cm³/mol. The van der Waals surface area contributed by atoms with Crippen molar-refractivity contribution >= 4 is 24.1 Å². The van der Waals surface area contributed by atoms with E-state index in [-0.39, 0.29) is 43.5 Å². The fourth-order valence-electron chi connectivity index (χ4n) is 3.35. The lowest BCUT2D eigenvalue weighted by molar-refractivity contribution is -0.152. The van der Waals surface area contributed by atoms with Crippen LogP contribution in [-0.2, 0) is 35.0 Å². The van der Waals surface area contributed by atoms with Crippen LogP contribution in [-0.4, -0.2) is 48.9 Å². The van der Waals surface area contributed by atoms with Crippen molar-refractivity contribution in [3.63, 3.8) is 0 Å². The lowest BCUT2D eigenvalue weighted by atomic mass is 10.1. The number of hydrogen-bond acceptors (Lipinski definition) is 10. The normalized spacial score (nSPS) is 13.1. The maximum absolute atomic E-state index is 12.5. The number of carbonyl (C=O) groups is 4. The standard InChI is InChI=1S/C29H45NO9/c1-6-9-11-13-26(31)38-24-16-15-22(18-25(24)39-27(32)14-12-10-7-2)17-23(30)28(33)36-21(5)19-35-29(34)37-20(4)8-3/h15-16,18,20-21,23H,6-14,17,19,30H2,1-5H3/t20?,21-,23-/m0/s1. The Morgan fingerprint density at radius 2 is 1.38 bits per heavy atom. The molecule has 0 aliphatic carbocycles. The second-order valence-electron chi connectivity index (χ2n) is 9.60. The minimum Gasteiger partial charge on any atom is -0.458 e. The molecule has 3 atom stereocenters. The van der Waals surface area contributed by atoms with Crippen LogP contribution in [0.25, 0.3) is 0 Å². The predicted octanol–water partition coefficient (Wildman–Crippen LogP) is 5.41. The molecular weight excluding hydrogens is 506 g/mol. The second kappa shape index (κ2) is 19.0. The van der Waals surface area contributed by atoms with E-state index in [9.17, 15) is 19.2 Å².